The lowest BCUT2D eigenvalue weighted by Gasteiger charge is -2.36. The smallest absolute Gasteiger partial charge is 0.321 e. The fourth-order valence-corrected chi connectivity index (χ4v) is 4.41. The van der Waals surface area contributed by atoms with Crippen LogP contribution in [0.1, 0.15) is 27.5 Å². The standard InChI is InChI=1S/C25H25N3O5/c29-24(26-31)20-7-8-21-15-28(25(30)27-9-11-32-12-10-27)22(16-33-23(21)14-20)19-6-5-17-3-1-2-4-18(17)13-19/h1-8,13-14,22,31H,9-12,15-16H2,(H,26,29)/t22-/m1/s1. The highest BCUT2D eigenvalue weighted by Crippen LogP contribution is 2.34. The number of hydroxylamine groups is 1. The highest BCUT2D eigenvalue weighted by atomic mass is 16.5. The summed E-state index contributed by atoms with van der Waals surface area (Å²) in [5.74, 6) is -0.0860. The van der Waals surface area contributed by atoms with E-state index in [4.69, 9.17) is 14.7 Å². The van der Waals surface area contributed by atoms with E-state index in [9.17, 15) is 9.59 Å². The lowest BCUT2D eigenvalue weighted by Crippen LogP contribution is -2.49. The van der Waals surface area contributed by atoms with E-state index in [-0.39, 0.29) is 24.2 Å². The van der Waals surface area contributed by atoms with E-state index in [0.29, 0.717) is 38.6 Å². The van der Waals surface area contributed by atoms with E-state index in [2.05, 4.69) is 24.3 Å². The number of nitrogens with one attached hydrogen (secondary N) is 1. The molecule has 1 atom stereocenters. The van der Waals surface area contributed by atoms with E-state index in [0.717, 1.165) is 21.9 Å². The molecule has 1 fully saturated rings. The van der Waals surface area contributed by atoms with E-state index < -0.39 is 5.91 Å². The van der Waals surface area contributed by atoms with Gasteiger partial charge < -0.3 is 19.3 Å². The molecule has 0 unspecified atom stereocenters. The van der Waals surface area contributed by atoms with Gasteiger partial charge in [-0.25, -0.2) is 10.3 Å². The van der Waals surface area contributed by atoms with Crippen LogP contribution in [0.15, 0.2) is 60.7 Å². The number of ether oxygens (including phenoxy) is 2. The van der Waals surface area contributed by atoms with Gasteiger partial charge in [0, 0.05) is 24.2 Å². The zero-order chi connectivity index (χ0) is 22.8. The Labute approximate surface area is 191 Å². The maximum Gasteiger partial charge on any atom is 0.321 e. The summed E-state index contributed by atoms with van der Waals surface area (Å²) in [7, 11) is 0. The Balaban J connectivity index is 1.53. The number of carbonyl (C=O) groups excluding carboxylic acids is 2. The highest BCUT2D eigenvalue weighted by Gasteiger charge is 2.33. The first kappa shape index (κ1) is 21.2. The predicted molar refractivity (Wildman–Crippen MR) is 121 cm³/mol. The lowest BCUT2D eigenvalue weighted by molar-refractivity contribution is 0.0362. The Kier molecular flexibility index (Phi) is 5.85. The molecular formula is C25H25N3O5. The van der Waals surface area contributed by atoms with Gasteiger partial charge >= 0.3 is 6.03 Å². The first-order valence-corrected chi connectivity index (χ1v) is 11.0. The number of hydrogen-bond acceptors (Lipinski definition) is 5. The Morgan fingerprint density at radius 1 is 0.970 bits per heavy atom. The van der Waals surface area contributed by atoms with Crippen molar-refractivity contribution < 1.29 is 24.3 Å². The van der Waals surface area contributed by atoms with Gasteiger partial charge in [-0.1, -0.05) is 42.5 Å². The average molecular weight is 447 g/mol. The van der Waals surface area contributed by atoms with E-state index >= 15 is 0 Å². The van der Waals surface area contributed by atoms with Gasteiger partial charge in [-0.05, 0) is 34.5 Å². The van der Waals surface area contributed by atoms with Gasteiger partial charge in [0.1, 0.15) is 12.4 Å². The van der Waals surface area contributed by atoms with Crippen LogP contribution in [0.2, 0.25) is 0 Å². The SMILES string of the molecule is O=C(NO)c1ccc2c(c1)OC[C@H](c1ccc3ccccc3c1)N(C(=O)N1CCOCC1)C2. The Morgan fingerprint density at radius 3 is 2.55 bits per heavy atom. The summed E-state index contributed by atoms with van der Waals surface area (Å²) in [6.07, 6.45) is 0. The zero-order valence-corrected chi connectivity index (χ0v) is 18.1. The molecule has 2 aliphatic heterocycles. The summed E-state index contributed by atoms with van der Waals surface area (Å²) < 4.78 is 11.6. The molecule has 0 bridgehead atoms. The Hall–Kier alpha value is -3.62. The molecule has 3 aromatic carbocycles. The number of morpholine rings is 1. The minimum Gasteiger partial charge on any atom is -0.491 e. The number of nitrogens with zero attached hydrogens (tertiary/aromatic N) is 2. The number of urea groups is 1. The fraction of sp³-hybridized carbons (Fsp3) is 0.280. The summed E-state index contributed by atoms with van der Waals surface area (Å²) in [4.78, 5) is 29.2. The van der Waals surface area contributed by atoms with Crippen LogP contribution in [0.3, 0.4) is 0 Å². The van der Waals surface area contributed by atoms with Crippen molar-refractivity contribution in [3.63, 3.8) is 0 Å². The van der Waals surface area contributed by atoms with Crippen LogP contribution in [0, 0.1) is 0 Å². The fourth-order valence-electron chi connectivity index (χ4n) is 4.41. The van der Waals surface area contributed by atoms with Crippen molar-refractivity contribution in [2.24, 2.45) is 0 Å². The average Bonchev–Trinajstić information content (AvgIpc) is 3.07. The van der Waals surface area contributed by atoms with Crippen molar-refractivity contribution in [2.45, 2.75) is 12.6 Å². The van der Waals surface area contributed by atoms with Gasteiger partial charge in [-0.2, -0.15) is 0 Å². The second-order valence-corrected chi connectivity index (χ2v) is 8.21. The number of benzene rings is 3. The van der Waals surface area contributed by atoms with Gasteiger partial charge in [0.05, 0.1) is 25.8 Å². The minimum atomic E-state index is -0.613. The monoisotopic (exact) mass is 447 g/mol. The predicted octanol–water partition coefficient (Wildman–Crippen LogP) is 3.35. The van der Waals surface area contributed by atoms with Crippen molar-refractivity contribution in [3.05, 3.63) is 77.4 Å². The molecule has 1 saturated heterocycles. The Bertz CT molecular complexity index is 1190. The van der Waals surface area contributed by atoms with Crippen molar-refractivity contribution >= 4 is 22.7 Å². The molecule has 33 heavy (non-hydrogen) atoms. The van der Waals surface area contributed by atoms with Crippen molar-refractivity contribution in [1.82, 2.24) is 15.3 Å². The molecule has 0 saturated carbocycles. The van der Waals surface area contributed by atoms with Crippen molar-refractivity contribution in [3.8, 4) is 5.75 Å². The highest BCUT2D eigenvalue weighted by molar-refractivity contribution is 5.94. The molecule has 8 heteroatoms. The van der Waals surface area contributed by atoms with Gasteiger partial charge in [-0.3, -0.25) is 10.0 Å². The molecule has 170 valence electrons. The number of carbonyl (C=O) groups is 2. The third kappa shape index (κ3) is 4.22. The minimum absolute atomic E-state index is 0.0647. The summed E-state index contributed by atoms with van der Waals surface area (Å²) in [6, 6.07) is 18.9. The first-order chi connectivity index (χ1) is 16.1. The van der Waals surface area contributed by atoms with Crippen LogP contribution in [0.4, 0.5) is 4.79 Å². The van der Waals surface area contributed by atoms with Crippen LogP contribution >= 0.6 is 0 Å². The summed E-state index contributed by atoms with van der Waals surface area (Å²) >= 11 is 0. The van der Waals surface area contributed by atoms with Crippen LogP contribution in [0.25, 0.3) is 10.8 Å². The molecule has 3 aromatic rings. The van der Waals surface area contributed by atoms with E-state index in [1.165, 1.54) is 0 Å². The maximum atomic E-state index is 13.6. The summed E-state index contributed by atoms with van der Waals surface area (Å²) in [6.45, 7) is 2.71. The number of hydrogen-bond donors (Lipinski definition) is 2. The molecule has 2 N–H and O–H groups in total. The van der Waals surface area contributed by atoms with Gasteiger partial charge in [0.15, 0.2) is 0 Å². The molecule has 0 aliphatic carbocycles. The molecule has 5 rings (SSSR count). The number of rotatable bonds is 2. The molecule has 2 aliphatic rings. The van der Waals surface area contributed by atoms with Gasteiger partial charge in [-0.15, -0.1) is 0 Å². The quantitative estimate of drug-likeness (QED) is 0.464. The van der Waals surface area contributed by atoms with Crippen LogP contribution < -0.4 is 10.2 Å². The normalized spacial score (nSPS) is 18.3. The van der Waals surface area contributed by atoms with E-state index in [1.807, 2.05) is 28.0 Å². The zero-order valence-electron chi connectivity index (χ0n) is 18.1. The molecule has 0 aromatic heterocycles. The van der Waals surface area contributed by atoms with Crippen molar-refractivity contribution in [1.29, 1.82) is 0 Å². The maximum absolute atomic E-state index is 13.6. The number of amides is 3. The molecule has 0 radical (unpaired) electrons. The largest absolute Gasteiger partial charge is 0.491 e. The lowest BCUT2D eigenvalue weighted by atomic mass is 10.0. The van der Waals surface area contributed by atoms with Crippen LogP contribution in [-0.4, -0.2) is 59.9 Å². The van der Waals surface area contributed by atoms with Crippen LogP contribution in [0.5, 0.6) is 5.75 Å². The van der Waals surface area contributed by atoms with E-state index in [1.54, 1.807) is 23.7 Å². The molecular weight excluding hydrogens is 422 g/mol. The van der Waals surface area contributed by atoms with Crippen molar-refractivity contribution in [2.75, 3.05) is 32.9 Å². The molecule has 2 heterocycles. The number of fused-ring (bicyclic) bond motifs is 2. The molecule has 8 nitrogen and oxygen atoms in total. The van der Waals surface area contributed by atoms with Gasteiger partial charge in [0.25, 0.3) is 5.91 Å². The third-order valence-corrected chi connectivity index (χ3v) is 6.23. The molecule has 0 spiro atoms. The van der Waals surface area contributed by atoms with Crippen LogP contribution in [-0.2, 0) is 11.3 Å². The topological polar surface area (TPSA) is 91.3 Å². The summed E-state index contributed by atoms with van der Waals surface area (Å²) in [5.41, 5.74) is 3.71. The third-order valence-electron chi connectivity index (χ3n) is 6.23. The summed E-state index contributed by atoms with van der Waals surface area (Å²) in [5, 5.41) is 11.2. The second kappa shape index (κ2) is 9.09. The first-order valence-electron chi connectivity index (χ1n) is 11.0. The Morgan fingerprint density at radius 2 is 1.76 bits per heavy atom. The van der Waals surface area contributed by atoms with Gasteiger partial charge in [0.2, 0.25) is 0 Å². The molecule has 3 amide bonds. The second-order valence-electron chi connectivity index (χ2n) is 8.21.